The largest absolute Gasteiger partial charge is 0.379 e. The Morgan fingerprint density at radius 3 is 2.56 bits per heavy atom. The van der Waals surface area contributed by atoms with Crippen LogP contribution < -0.4 is 4.90 Å². The van der Waals surface area contributed by atoms with E-state index in [2.05, 4.69) is 21.7 Å². The van der Waals surface area contributed by atoms with E-state index in [1.165, 1.54) is 41.7 Å². The molecule has 0 aromatic carbocycles. The Bertz CT molecular complexity index is 808. The Labute approximate surface area is 165 Å². The van der Waals surface area contributed by atoms with E-state index in [1.54, 1.807) is 10.4 Å². The number of rotatable bonds is 3. The van der Waals surface area contributed by atoms with Crippen LogP contribution in [0.4, 0.5) is 5.82 Å². The van der Waals surface area contributed by atoms with Gasteiger partial charge in [-0.1, -0.05) is 0 Å². The second-order valence-electron chi connectivity index (χ2n) is 8.03. The van der Waals surface area contributed by atoms with Gasteiger partial charge < -0.3 is 14.5 Å². The van der Waals surface area contributed by atoms with E-state index < -0.39 is 0 Å². The van der Waals surface area contributed by atoms with Gasteiger partial charge in [-0.3, -0.25) is 4.90 Å². The summed E-state index contributed by atoms with van der Waals surface area (Å²) >= 11 is 1.92. The molecule has 3 aliphatic rings. The van der Waals surface area contributed by atoms with Gasteiger partial charge in [-0.05, 0) is 38.3 Å². The molecule has 0 spiro atoms. The lowest BCUT2D eigenvalue weighted by Crippen LogP contribution is -2.45. The molecule has 146 valence electrons. The summed E-state index contributed by atoms with van der Waals surface area (Å²) < 4.78 is 5.50. The summed E-state index contributed by atoms with van der Waals surface area (Å²) in [6.07, 6.45) is 5.04. The number of ether oxygens (including phenoxy) is 1. The average Bonchev–Trinajstić information content (AvgIpc) is 3.07. The maximum atomic E-state index is 5.50. The van der Waals surface area contributed by atoms with Crippen LogP contribution in [-0.4, -0.2) is 79.3 Å². The Morgan fingerprint density at radius 1 is 0.963 bits per heavy atom. The van der Waals surface area contributed by atoms with Crippen LogP contribution in [0.1, 0.15) is 29.1 Å². The summed E-state index contributed by atoms with van der Waals surface area (Å²) in [6.45, 7) is 8.77. The van der Waals surface area contributed by atoms with Gasteiger partial charge in [-0.2, -0.15) is 0 Å². The normalized spacial score (nSPS) is 22.3. The topological polar surface area (TPSA) is 44.7 Å². The highest BCUT2D eigenvalue weighted by molar-refractivity contribution is 7.19. The Hall–Kier alpha value is -1.28. The predicted octanol–water partition coefficient (Wildman–Crippen LogP) is 2.15. The van der Waals surface area contributed by atoms with E-state index in [0.717, 1.165) is 64.9 Å². The van der Waals surface area contributed by atoms with Gasteiger partial charge in [0.1, 0.15) is 16.5 Å². The van der Waals surface area contributed by atoms with E-state index in [-0.39, 0.29) is 0 Å². The van der Waals surface area contributed by atoms with Crippen LogP contribution >= 0.6 is 11.3 Å². The van der Waals surface area contributed by atoms with Crippen molar-refractivity contribution >= 4 is 27.4 Å². The third kappa shape index (κ3) is 3.58. The fraction of sp³-hybridized carbons (Fsp3) is 0.700. The maximum absolute atomic E-state index is 5.50. The first-order chi connectivity index (χ1) is 13.3. The number of anilines is 1. The van der Waals surface area contributed by atoms with Crippen LogP contribution in [-0.2, 0) is 24.1 Å². The summed E-state index contributed by atoms with van der Waals surface area (Å²) in [5.41, 5.74) is 1.55. The molecule has 0 radical (unpaired) electrons. The highest BCUT2D eigenvalue weighted by Gasteiger charge is 2.26. The molecule has 4 heterocycles. The molecule has 27 heavy (non-hydrogen) atoms. The zero-order valence-corrected chi connectivity index (χ0v) is 17.1. The maximum Gasteiger partial charge on any atom is 0.146 e. The van der Waals surface area contributed by atoms with E-state index in [4.69, 9.17) is 14.7 Å². The van der Waals surface area contributed by atoms with Gasteiger partial charge in [0.2, 0.25) is 0 Å². The van der Waals surface area contributed by atoms with E-state index >= 15 is 0 Å². The summed E-state index contributed by atoms with van der Waals surface area (Å²) in [5, 5.41) is 1.37. The number of thiophene rings is 1. The minimum atomic E-state index is 0.820. The molecule has 2 aromatic heterocycles. The van der Waals surface area contributed by atoms with Crippen molar-refractivity contribution in [3.63, 3.8) is 0 Å². The Morgan fingerprint density at radius 2 is 1.74 bits per heavy atom. The molecule has 0 N–H and O–H groups in total. The molecular weight excluding hydrogens is 358 g/mol. The van der Waals surface area contributed by atoms with Gasteiger partial charge in [-0.15, -0.1) is 11.3 Å². The summed E-state index contributed by atoms with van der Waals surface area (Å²) in [6, 6.07) is 0. The number of morpholine rings is 1. The molecule has 7 heteroatoms. The molecular formula is C20H29N5OS. The number of hydrogen-bond donors (Lipinski definition) is 0. The highest BCUT2D eigenvalue weighted by Crippen LogP contribution is 2.40. The fourth-order valence-electron chi connectivity index (χ4n) is 4.46. The number of nitrogens with zero attached hydrogens (tertiary/aromatic N) is 5. The lowest BCUT2D eigenvalue weighted by Gasteiger charge is -2.34. The number of fused-ring (bicyclic) bond motifs is 3. The zero-order chi connectivity index (χ0) is 18.2. The van der Waals surface area contributed by atoms with Gasteiger partial charge in [0.05, 0.1) is 25.1 Å². The van der Waals surface area contributed by atoms with Crippen LogP contribution in [0.5, 0.6) is 0 Å². The van der Waals surface area contributed by atoms with Gasteiger partial charge in [-0.25, -0.2) is 9.97 Å². The van der Waals surface area contributed by atoms with Crippen LogP contribution in [0, 0.1) is 0 Å². The van der Waals surface area contributed by atoms with Crippen molar-refractivity contribution < 1.29 is 4.74 Å². The highest BCUT2D eigenvalue weighted by atomic mass is 32.1. The fourth-order valence-corrected chi connectivity index (χ4v) is 5.73. The lowest BCUT2D eigenvalue weighted by molar-refractivity contribution is 0.0331. The number of piperazine rings is 1. The Kier molecular flexibility index (Phi) is 5.02. The van der Waals surface area contributed by atoms with Gasteiger partial charge in [0, 0.05) is 44.1 Å². The first kappa shape index (κ1) is 17.8. The SMILES string of the molecule is CN1CCN(c2nc(CN3CCOCC3)nc3sc4c(c23)CCCC4)CC1. The molecule has 0 bridgehead atoms. The summed E-state index contributed by atoms with van der Waals surface area (Å²) in [4.78, 5) is 20.3. The Balaban J connectivity index is 1.54. The first-order valence-corrected chi connectivity index (χ1v) is 11.1. The van der Waals surface area contributed by atoms with Gasteiger partial charge >= 0.3 is 0 Å². The number of aromatic nitrogens is 2. The van der Waals surface area contributed by atoms with Crippen LogP contribution in [0.2, 0.25) is 0 Å². The minimum absolute atomic E-state index is 0.820. The third-order valence-corrected chi connectivity index (χ3v) is 7.30. The van der Waals surface area contributed by atoms with Crippen molar-refractivity contribution in [2.45, 2.75) is 32.2 Å². The van der Waals surface area contributed by atoms with E-state index in [0.29, 0.717) is 0 Å². The molecule has 2 aliphatic heterocycles. The van der Waals surface area contributed by atoms with Crippen molar-refractivity contribution in [2.24, 2.45) is 0 Å². The first-order valence-electron chi connectivity index (χ1n) is 10.3. The summed E-state index contributed by atoms with van der Waals surface area (Å²) in [7, 11) is 2.21. The predicted molar refractivity (Wildman–Crippen MR) is 110 cm³/mol. The van der Waals surface area contributed by atoms with Crippen molar-refractivity contribution in [2.75, 3.05) is 64.4 Å². The van der Waals surface area contributed by atoms with E-state index in [1.807, 2.05) is 11.3 Å². The minimum Gasteiger partial charge on any atom is -0.379 e. The molecule has 0 atom stereocenters. The second-order valence-corrected chi connectivity index (χ2v) is 9.12. The molecule has 0 saturated carbocycles. The van der Waals surface area contributed by atoms with Gasteiger partial charge in [0.15, 0.2) is 0 Å². The quantitative estimate of drug-likeness (QED) is 0.804. The molecule has 2 saturated heterocycles. The average molecular weight is 388 g/mol. The standard InChI is InChI=1S/C20H29N5OS/c1-23-6-8-25(9-7-23)19-18-15-4-2-3-5-16(15)27-20(18)22-17(21-19)14-24-10-12-26-13-11-24/h2-14H2,1H3. The smallest absolute Gasteiger partial charge is 0.146 e. The molecule has 1 aliphatic carbocycles. The van der Waals surface area contributed by atoms with Crippen LogP contribution in [0.3, 0.4) is 0 Å². The van der Waals surface area contributed by atoms with Crippen molar-refractivity contribution in [3.8, 4) is 0 Å². The number of hydrogen-bond acceptors (Lipinski definition) is 7. The van der Waals surface area contributed by atoms with Crippen molar-refractivity contribution in [3.05, 3.63) is 16.3 Å². The van der Waals surface area contributed by atoms with Crippen molar-refractivity contribution in [1.29, 1.82) is 0 Å². The molecule has 0 unspecified atom stereocenters. The van der Waals surface area contributed by atoms with Crippen LogP contribution in [0.25, 0.3) is 10.2 Å². The molecule has 5 rings (SSSR count). The third-order valence-electron chi connectivity index (χ3n) is 6.11. The molecule has 6 nitrogen and oxygen atoms in total. The lowest BCUT2D eigenvalue weighted by atomic mass is 9.97. The number of likely N-dealkylation sites (N-methyl/N-ethyl adjacent to an activating group) is 1. The number of aryl methyl sites for hydroxylation is 2. The van der Waals surface area contributed by atoms with Gasteiger partial charge in [0.25, 0.3) is 0 Å². The second kappa shape index (κ2) is 7.62. The van der Waals surface area contributed by atoms with Crippen molar-refractivity contribution in [1.82, 2.24) is 19.8 Å². The molecule has 2 aromatic rings. The zero-order valence-electron chi connectivity index (χ0n) is 16.2. The monoisotopic (exact) mass is 387 g/mol. The van der Waals surface area contributed by atoms with E-state index in [9.17, 15) is 0 Å². The molecule has 2 fully saturated rings. The summed E-state index contributed by atoms with van der Waals surface area (Å²) in [5.74, 6) is 2.19. The van der Waals surface area contributed by atoms with Crippen LogP contribution in [0.15, 0.2) is 0 Å². The molecule has 0 amide bonds.